The van der Waals surface area contributed by atoms with E-state index >= 15 is 0 Å². The van der Waals surface area contributed by atoms with Crippen molar-refractivity contribution in [1.82, 2.24) is 20.3 Å². The number of amides is 1. The fourth-order valence-electron chi connectivity index (χ4n) is 4.85. The third-order valence-corrected chi connectivity index (χ3v) is 8.21. The van der Waals surface area contributed by atoms with Gasteiger partial charge in [0.25, 0.3) is 5.91 Å². The van der Waals surface area contributed by atoms with Gasteiger partial charge in [0, 0.05) is 48.3 Å². The monoisotopic (exact) mass is 585 g/mol. The first-order chi connectivity index (χ1) is 20.0. The zero-order valence-corrected chi connectivity index (χ0v) is 23.5. The van der Waals surface area contributed by atoms with E-state index in [9.17, 15) is 22.4 Å². The lowest BCUT2D eigenvalue weighted by atomic mass is 9.97. The Kier molecular flexibility index (Phi) is 6.42. The average molecular weight is 586 g/mol. The fraction of sp³-hybridized carbons (Fsp3) is 0.100. The van der Waals surface area contributed by atoms with E-state index in [1.54, 1.807) is 24.3 Å². The highest BCUT2D eigenvalue weighted by Gasteiger charge is 2.26. The molecule has 0 aliphatic rings. The Morgan fingerprint density at radius 2 is 1.71 bits per heavy atom. The summed E-state index contributed by atoms with van der Waals surface area (Å²) in [5.41, 5.74) is 3.93. The number of carbonyl (C=O) groups is 1. The Hall–Kier alpha value is -5.23. The van der Waals surface area contributed by atoms with Crippen molar-refractivity contribution in [1.29, 1.82) is 0 Å². The van der Waals surface area contributed by atoms with Crippen LogP contribution in [0.15, 0.2) is 82.0 Å². The van der Waals surface area contributed by atoms with E-state index in [1.165, 1.54) is 44.4 Å². The average Bonchev–Trinajstić information content (AvgIpc) is 3.56. The molecule has 3 aromatic heterocycles. The van der Waals surface area contributed by atoms with Crippen molar-refractivity contribution >= 4 is 43.8 Å². The molecule has 212 valence electrons. The van der Waals surface area contributed by atoms with Gasteiger partial charge in [-0.3, -0.25) is 13.9 Å². The van der Waals surface area contributed by atoms with E-state index in [4.69, 9.17) is 4.42 Å². The molecule has 6 aromatic rings. The van der Waals surface area contributed by atoms with E-state index < -0.39 is 21.7 Å². The number of anilines is 1. The molecule has 0 atom stereocenters. The van der Waals surface area contributed by atoms with Crippen molar-refractivity contribution in [2.75, 3.05) is 24.7 Å². The van der Waals surface area contributed by atoms with Crippen molar-refractivity contribution < 1.29 is 22.0 Å². The van der Waals surface area contributed by atoms with E-state index in [0.29, 0.717) is 50.3 Å². The van der Waals surface area contributed by atoms with Gasteiger partial charge in [-0.15, -0.1) is 0 Å². The molecule has 0 radical (unpaired) electrons. The predicted molar refractivity (Wildman–Crippen MR) is 159 cm³/mol. The first-order valence-electron chi connectivity index (χ1n) is 12.8. The smallest absolute Gasteiger partial charge is 0.255 e. The lowest BCUT2D eigenvalue weighted by Gasteiger charge is -2.21. The number of aromatic amines is 2. The summed E-state index contributed by atoms with van der Waals surface area (Å²) in [5, 5.41) is 3.08. The SMILES string of the molecule is CNC(=O)c1c(-c2ccc(F)cc2)oc2cc(N(C)S(C)(=O)=O)c(-c3cccc(-c4nc5ccc(=O)[nH]c5[nH]4)c3)cc12. The maximum atomic E-state index is 13.7. The van der Waals surface area contributed by atoms with Crippen molar-refractivity contribution in [3.63, 3.8) is 0 Å². The summed E-state index contributed by atoms with van der Waals surface area (Å²) in [4.78, 5) is 35.3. The maximum absolute atomic E-state index is 13.7. The van der Waals surface area contributed by atoms with Crippen molar-refractivity contribution in [3.05, 3.63) is 94.5 Å². The quantitative estimate of drug-likeness (QED) is 0.254. The lowest BCUT2D eigenvalue weighted by Crippen LogP contribution is -2.25. The zero-order valence-electron chi connectivity index (χ0n) is 22.7. The number of furan rings is 1. The van der Waals surface area contributed by atoms with Gasteiger partial charge >= 0.3 is 0 Å². The summed E-state index contributed by atoms with van der Waals surface area (Å²) < 4.78 is 46.3. The van der Waals surface area contributed by atoms with Gasteiger partial charge in [0.2, 0.25) is 15.6 Å². The minimum atomic E-state index is -3.70. The van der Waals surface area contributed by atoms with Crippen molar-refractivity contribution in [2.45, 2.75) is 0 Å². The van der Waals surface area contributed by atoms with Crippen LogP contribution in [0.2, 0.25) is 0 Å². The van der Waals surface area contributed by atoms with Crippen LogP contribution in [-0.4, -0.2) is 49.6 Å². The van der Waals surface area contributed by atoms with Crippen LogP contribution in [0.5, 0.6) is 0 Å². The Morgan fingerprint density at radius 1 is 0.976 bits per heavy atom. The number of nitrogens with zero attached hydrogens (tertiary/aromatic N) is 2. The highest BCUT2D eigenvalue weighted by atomic mass is 32.2. The number of benzene rings is 3. The third kappa shape index (κ3) is 4.71. The molecule has 10 nitrogen and oxygen atoms in total. The lowest BCUT2D eigenvalue weighted by molar-refractivity contribution is 0.0964. The van der Waals surface area contributed by atoms with Crippen LogP contribution >= 0.6 is 0 Å². The molecule has 0 unspecified atom stereocenters. The van der Waals surface area contributed by atoms with E-state index in [1.807, 2.05) is 18.2 Å². The number of H-pyrrole nitrogens is 2. The largest absolute Gasteiger partial charge is 0.455 e. The van der Waals surface area contributed by atoms with Crippen LogP contribution in [0, 0.1) is 5.82 Å². The number of rotatable bonds is 6. The highest BCUT2D eigenvalue weighted by Crippen LogP contribution is 2.42. The fourth-order valence-corrected chi connectivity index (χ4v) is 5.36. The molecule has 12 heteroatoms. The molecular weight excluding hydrogens is 561 g/mol. The molecule has 3 heterocycles. The third-order valence-electron chi connectivity index (χ3n) is 7.02. The second-order valence-electron chi connectivity index (χ2n) is 9.74. The van der Waals surface area contributed by atoms with Crippen molar-refractivity contribution in [2.24, 2.45) is 0 Å². The van der Waals surface area contributed by atoms with Gasteiger partial charge in [-0.25, -0.2) is 17.8 Å². The number of halogens is 1. The summed E-state index contributed by atoms with van der Waals surface area (Å²) in [7, 11) is -0.776. The minimum Gasteiger partial charge on any atom is -0.455 e. The molecular formula is C30H24FN5O5S. The molecule has 6 rings (SSSR count). The number of sulfonamides is 1. The van der Waals surface area contributed by atoms with Gasteiger partial charge in [-0.05, 0) is 48.0 Å². The van der Waals surface area contributed by atoms with Gasteiger partial charge in [0.15, 0.2) is 0 Å². The molecule has 1 amide bonds. The number of aromatic nitrogens is 3. The number of fused-ring (bicyclic) bond motifs is 2. The molecule has 0 saturated carbocycles. The van der Waals surface area contributed by atoms with Crippen molar-refractivity contribution in [3.8, 4) is 33.8 Å². The molecule has 0 spiro atoms. The molecule has 0 aliphatic carbocycles. The van der Waals surface area contributed by atoms with E-state index in [2.05, 4.69) is 20.3 Å². The van der Waals surface area contributed by atoms with Crippen LogP contribution in [0.1, 0.15) is 10.4 Å². The van der Waals surface area contributed by atoms with Crippen LogP contribution in [0.25, 0.3) is 56.0 Å². The van der Waals surface area contributed by atoms with Crippen LogP contribution in [0.4, 0.5) is 10.1 Å². The maximum Gasteiger partial charge on any atom is 0.255 e. The number of imidazole rings is 1. The second-order valence-corrected chi connectivity index (χ2v) is 11.8. The molecule has 0 aliphatic heterocycles. The van der Waals surface area contributed by atoms with Gasteiger partial charge < -0.3 is 19.7 Å². The number of nitrogens with one attached hydrogen (secondary N) is 3. The number of hydrogen-bond acceptors (Lipinski definition) is 6. The number of pyridine rings is 1. The van der Waals surface area contributed by atoms with Gasteiger partial charge in [-0.2, -0.15) is 0 Å². The van der Waals surface area contributed by atoms with Gasteiger partial charge in [0.05, 0.1) is 17.5 Å². The topological polar surface area (TPSA) is 141 Å². The predicted octanol–water partition coefficient (Wildman–Crippen LogP) is 4.89. The first-order valence-corrected chi connectivity index (χ1v) is 14.6. The Bertz CT molecular complexity index is 2180. The van der Waals surface area contributed by atoms with Gasteiger partial charge in [-0.1, -0.05) is 18.2 Å². The Balaban J connectivity index is 1.60. The van der Waals surface area contributed by atoms with Crippen LogP contribution < -0.4 is 15.2 Å². The summed E-state index contributed by atoms with van der Waals surface area (Å²) >= 11 is 0. The van der Waals surface area contributed by atoms with Crippen LogP contribution in [-0.2, 0) is 10.0 Å². The Morgan fingerprint density at radius 3 is 2.43 bits per heavy atom. The zero-order chi connectivity index (χ0) is 29.8. The Labute approximate surface area is 238 Å². The second kappa shape index (κ2) is 10.00. The molecule has 0 saturated heterocycles. The molecule has 42 heavy (non-hydrogen) atoms. The van der Waals surface area contributed by atoms with Crippen LogP contribution in [0.3, 0.4) is 0 Å². The summed E-state index contributed by atoms with van der Waals surface area (Å²) in [6.45, 7) is 0. The minimum absolute atomic E-state index is 0.222. The first kappa shape index (κ1) is 27.0. The standard InChI is InChI=1S/C30H24FN5O5S/c1-32-30(38)26-21-14-20(17-5-4-6-18(13-17)28-33-22-11-12-25(37)34-29(22)35-28)23(36(2)42(3,39)40)15-24(21)41-27(26)16-7-9-19(31)10-8-16/h4-15H,1-3H3,(H,32,38)(H2,33,34,35,37). The summed E-state index contributed by atoms with van der Waals surface area (Å²) in [5.74, 6) is -0.139. The van der Waals surface area contributed by atoms with E-state index in [-0.39, 0.29) is 22.5 Å². The molecule has 3 N–H and O–H groups in total. The molecule has 0 bridgehead atoms. The highest BCUT2D eigenvalue weighted by molar-refractivity contribution is 7.92. The van der Waals surface area contributed by atoms with E-state index in [0.717, 1.165) is 10.6 Å². The molecule has 0 fully saturated rings. The van der Waals surface area contributed by atoms with Gasteiger partial charge in [0.1, 0.15) is 34.1 Å². The number of carbonyl (C=O) groups excluding carboxylic acids is 1. The normalized spacial score (nSPS) is 11.7. The molecule has 3 aromatic carbocycles. The summed E-state index contributed by atoms with van der Waals surface area (Å²) in [6, 6.07) is 19.1. The summed E-state index contributed by atoms with van der Waals surface area (Å²) in [6.07, 6.45) is 1.09. The number of hydrogen-bond donors (Lipinski definition) is 3.